The lowest BCUT2D eigenvalue weighted by molar-refractivity contribution is 0.0950. The zero-order valence-corrected chi connectivity index (χ0v) is 20.4. The first kappa shape index (κ1) is 23.2. The molecule has 1 amide bonds. The van der Waals surface area contributed by atoms with Gasteiger partial charge in [0.15, 0.2) is 5.65 Å². The predicted molar refractivity (Wildman–Crippen MR) is 137 cm³/mol. The summed E-state index contributed by atoms with van der Waals surface area (Å²) in [6.07, 6.45) is 5.90. The van der Waals surface area contributed by atoms with E-state index in [1.165, 1.54) is 12.1 Å². The van der Waals surface area contributed by atoms with Crippen molar-refractivity contribution in [3.05, 3.63) is 71.7 Å². The highest BCUT2D eigenvalue weighted by molar-refractivity contribution is 7.98. The lowest BCUT2D eigenvalue weighted by Crippen LogP contribution is -2.26. The van der Waals surface area contributed by atoms with Gasteiger partial charge in [-0.2, -0.15) is 11.8 Å². The summed E-state index contributed by atoms with van der Waals surface area (Å²) in [4.78, 5) is 17.2. The maximum atomic E-state index is 13.7. The number of ether oxygens (including phenoxy) is 1. The molecule has 4 aromatic rings. The molecule has 1 aliphatic carbocycles. The number of carbonyl (C=O) groups excluding carboxylic acids is 1. The highest BCUT2D eigenvalue weighted by atomic mass is 32.2. The molecule has 2 N–H and O–H groups in total. The number of nitrogens with zero attached hydrogens (tertiary/aromatic N) is 3. The van der Waals surface area contributed by atoms with E-state index in [0.717, 1.165) is 47.6 Å². The van der Waals surface area contributed by atoms with E-state index < -0.39 is 0 Å². The van der Waals surface area contributed by atoms with Crippen molar-refractivity contribution in [3.8, 4) is 22.9 Å². The highest BCUT2D eigenvalue weighted by Gasteiger charge is 2.24. The van der Waals surface area contributed by atoms with E-state index in [1.807, 2.05) is 31.4 Å². The van der Waals surface area contributed by atoms with E-state index in [4.69, 9.17) is 4.74 Å². The van der Waals surface area contributed by atoms with Crippen molar-refractivity contribution >= 4 is 29.0 Å². The average Bonchev–Trinajstić information content (AvgIpc) is 3.54. The van der Waals surface area contributed by atoms with Crippen LogP contribution < -0.4 is 15.4 Å². The van der Waals surface area contributed by atoms with E-state index in [-0.39, 0.29) is 11.7 Å². The fourth-order valence-corrected chi connectivity index (χ4v) is 4.14. The van der Waals surface area contributed by atoms with Crippen molar-refractivity contribution < 1.29 is 13.9 Å². The van der Waals surface area contributed by atoms with E-state index in [2.05, 4.69) is 20.7 Å². The summed E-state index contributed by atoms with van der Waals surface area (Å²) >= 11 is 1.74. The Balaban J connectivity index is 1.52. The third kappa shape index (κ3) is 5.24. The van der Waals surface area contributed by atoms with Crippen molar-refractivity contribution in [2.75, 3.05) is 23.9 Å². The maximum Gasteiger partial charge on any atom is 0.251 e. The molecule has 2 aromatic carbocycles. The van der Waals surface area contributed by atoms with Gasteiger partial charge in [0.1, 0.15) is 11.6 Å². The Labute approximate surface area is 207 Å². The third-order valence-corrected chi connectivity index (χ3v) is 6.38. The number of amides is 1. The Bertz CT molecular complexity index is 1390. The number of carbonyl (C=O) groups is 1. The molecule has 0 aliphatic heterocycles. The molecular formula is C26H26FN5O2S. The number of benzene rings is 2. The van der Waals surface area contributed by atoms with E-state index >= 15 is 0 Å². The van der Waals surface area contributed by atoms with E-state index in [1.54, 1.807) is 40.7 Å². The van der Waals surface area contributed by atoms with Crippen LogP contribution in [0.4, 0.5) is 10.1 Å². The molecule has 0 saturated heterocycles. The summed E-state index contributed by atoms with van der Waals surface area (Å²) in [7, 11) is 0. The number of thioether (sulfide) groups is 1. The normalized spacial score (nSPS) is 13.1. The molecule has 7 nitrogen and oxygen atoms in total. The largest absolute Gasteiger partial charge is 0.437 e. The Morgan fingerprint density at radius 1 is 1.23 bits per heavy atom. The number of imidazole rings is 1. The number of anilines is 1. The minimum absolute atomic E-state index is 0.0427. The van der Waals surface area contributed by atoms with Crippen LogP contribution in [0, 0.1) is 12.7 Å². The van der Waals surface area contributed by atoms with Crippen LogP contribution in [-0.4, -0.2) is 45.1 Å². The van der Waals surface area contributed by atoms with Gasteiger partial charge in [-0.15, -0.1) is 5.10 Å². The van der Waals surface area contributed by atoms with Crippen LogP contribution in [-0.2, 0) is 0 Å². The van der Waals surface area contributed by atoms with Crippen LogP contribution in [0.2, 0.25) is 0 Å². The Morgan fingerprint density at radius 2 is 2.09 bits per heavy atom. The number of rotatable bonds is 9. The van der Waals surface area contributed by atoms with Crippen LogP contribution in [0.5, 0.6) is 11.6 Å². The van der Waals surface area contributed by atoms with Gasteiger partial charge in [0, 0.05) is 41.6 Å². The number of hydrogen-bond acceptors (Lipinski definition) is 6. The molecule has 1 saturated carbocycles. The van der Waals surface area contributed by atoms with Crippen molar-refractivity contribution in [2.24, 2.45) is 0 Å². The van der Waals surface area contributed by atoms with Crippen molar-refractivity contribution in [1.29, 1.82) is 0 Å². The summed E-state index contributed by atoms with van der Waals surface area (Å²) in [6, 6.07) is 13.7. The van der Waals surface area contributed by atoms with E-state index in [0.29, 0.717) is 28.9 Å². The average molecular weight is 492 g/mol. The molecule has 5 rings (SSSR count). The molecule has 1 aliphatic rings. The Morgan fingerprint density at radius 3 is 2.83 bits per heavy atom. The topological polar surface area (TPSA) is 80.5 Å². The van der Waals surface area contributed by atoms with Gasteiger partial charge in [0.25, 0.3) is 5.91 Å². The van der Waals surface area contributed by atoms with Gasteiger partial charge in [0.05, 0.1) is 17.6 Å². The highest BCUT2D eigenvalue weighted by Crippen LogP contribution is 2.30. The first-order valence-corrected chi connectivity index (χ1v) is 12.9. The third-order valence-electron chi connectivity index (χ3n) is 5.76. The zero-order chi connectivity index (χ0) is 24.4. The number of hydrogen-bond donors (Lipinski definition) is 2. The first-order chi connectivity index (χ1) is 17.0. The van der Waals surface area contributed by atoms with E-state index in [9.17, 15) is 9.18 Å². The Hall–Kier alpha value is -3.59. The molecule has 9 heteroatoms. The quantitative estimate of drug-likeness (QED) is 0.309. The molecule has 0 bridgehead atoms. The predicted octanol–water partition coefficient (Wildman–Crippen LogP) is 5.30. The lowest BCUT2D eigenvalue weighted by Gasteiger charge is -2.12. The van der Waals surface area contributed by atoms with Gasteiger partial charge in [-0.25, -0.2) is 13.9 Å². The monoisotopic (exact) mass is 491 g/mol. The second-order valence-electron chi connectivity index (χ2n) is 8.53. The molecule has 2 aromatic heterocycles. The maximum absolute atomic E-state index is 13.7. The van der Waals surface area contributed by atoms with Gasteiger partial charge >= 0.3 is 0 Å². The van der Waals surface area contributed by atoms with Gasteiger partial charge in [0.2, 0.25) is 5.88 Å². The fourth-order valence-electron chi connectivity index (χ4n) is 3.83. The van der Waals surface area contributed by atoms with Gasteiger partial charge < -0.3 is 15.4 Å². The molecule has 35 heavy (non-hydrogen) atoms. The van der Waals surface area contributed by atoms with Crippen molar-refractivity contribution in [2.45, 2.75) is 25.8 Å². The Kier molecular flexibility index (Phi) is 6.59. The summed E-state index contributed by atoms with van der Waals surface area (Å²) in [5.74, 6) is 1.16. The van der Waals surface area contributed by atoms with Crippen LogP contribution in [0.25, 0.3) is 16.9 Å². The molecule has 2 heterocycles. The zero-order valence-electron chi connectivity index (χ0n) is 19.5. The molecule has 0 radical (unpaired) electrons. The summed E-state index contributed by atoms with van der Waals surface area (Å²) in [5.41, 5.74) is 4.60. The number of nitrogens with one attached hydrogen (secondary N) is 2. The number of halogens is 1. The van der Waals surface area contributed by atoms with Crippen LogP contribution in [0.3, 0.4) is 0 Å². The SMILES string of the molecule is CSCCNc1cc(Oc2cccc(F)c2)nn2c(-c3ccc(C(=O)NC4CC4)c(C)c3)cnc12. The number of aromatic nitrogens is 3. The fraction of sp³-hybridized carbons (Fsp3) is 0.269. The molecule has 0 unspecified atom stereocenters. The standard InChI is InChI=1S/C26H26FN5O2S/c1-16-12-17(6-9-21(16)26(33)30-19-7-8-19)23-15-29-25-22(28-10-11-35-2)14-24(31-32(23)25)34-20-5-3-4-18(27)13-20/h3-6,9,12-15,19,28H,7-8,10-11H2,1-2H3,(H,30,33). The minimum atomic E-state index is -0.383. The lowest BCUT2D eigenvalue weighted by atomic mass is 10.0. The number of aryl methyl sites for hydroxylation is 1. The smallest absolute Gasteiger partial charge is 0.251 e. The van der Waals surface area contributed by atoms with Crippen molar-refractivity contribution in [3.63, 3.8) is 0 Å². The first-order valence-electron chi connectivity index (χ1n) is 11.5. The summed E-state index contributed by atoms with van der Waals surface area (Å²) < 4.78 is 21.3. The minimum Gasteiger partial charge on any atom is -0.437 e. The second kappa shape index (κ2) is 9.95. The summed E-state index contributed by atoms with van der Waals surface area (Å²) in [6.45, 7) is 2.67. The van der Waals surface area contributed by atoms with Gasteiger partial charge in [-0.05, 0) is 55.9 Å². The molecule has 0 atom stereocenters. The van der Waals surface area contributed by atoms with Crippen LogP contribution in [0.1, 0.15) is 28.8 Å². The van der Waals surface area contributed by atoms with Crippen molar-refractivity contribution in [1.82, 2.24) is 19.9 Å². The van der Waals surface area contributed by atoms with Crippen LogP contribution >= 0.6 is 11.8 Å². The van der Waals surface area contributed by atoms with Gasteiger partial charge in [-0.3, -0.25) is 4.79 Å². The molecule has 0 spiro atoms. The van der Waals surface area contributed by atoms with Crippen LogP contribution in [0.15, 0.2) is 54.7 Å². The molecule has 180 valence electrons. The molecule has 1 fully saturated rings. The molecular weight excluding hydrogens is 465 g/mol. The summed E-state index contributed by atoms with van der Waals surface area (Å²) in [5, 5.41) is 11.1. The number of fused-ring (bicyclic) bond motifs is 1. The second-order valence-corrected chi connectivity index (χ2v) is 9.52. The van der Waals surface area contributed by atoms with Gasteiger partial charge in [-0.1, -0.05) is 12.1 Å².